The van der Waals surface area contributed by atoms with Gasteiger partial charge in [0.15, 0.2) is 0 Å². The second kappa shape index (κ2) is 11.3. The van der Waals surface area contributed by atoms with Crippen molar-refractivity contribution >= 4 is 28.1 Å². The van der Waals surface area contributed by atoms with Gasteiger partial charge in [-0.05, 0) is 88.5 Å². The first-order chi connectivity index (χ1) is 21.1. The number of anilines is 3. The van der Waals surface area contributed by atoms with Gasteiger partial charge in [0, 0.05) is 28.4 Å². The molecule has 7 aromatic rings. The fourth-order valence-electron chi connectivity index (χ4n) is 5.52. The van der Waals surface area contributed by atoms with E-state index in [-0.39, 0.29) is 0 Å². The standard InChI is InChI=1S/C39H26F2N2/c40-33-22-32(23-34(41)26-33)29-15-10-18-36(24-29)43(35-16-8-3-9-17-35)38-20-19-30-21-31(27-11-4-1-5-12-27)25-37(39(30)42-38)28-13-6-2-7-14-28/h1-26H. The topological polar surface area (TPSA) is 16.1 Å². The summed E-state index contributed by atoms with van der Waals surface area (Å²) in [5.41, 5.74) is 8.17. The van der Waals surface area contributed by atoms with Crippen molar-refractivity contribution in [2.75, 3.05) is 4.90 Å². The molecule has 0 bridgehead atoms. The highest BCUT2D eigenvalue weighted by Gasteiger charge is 2.17. The van der Waals surface area contributed by atoms with E-state index in [1.807, 2.05) is 97.1 Å². The molecule has 0 aliphatic rings. The fraction of sp³-hybridized carbons (Fsp3) is 0. The van der Waals surface area contributed by atoms with Crippen LogP contribution in [0.4, 0.5) is 26.0 Å². The number of halogens is 2. The van der Waals surface area contributed by atoms with Crippen LogP contribution in [0.25, 0.3) is 44.3 Å². The third kappa shape index (κ3) is 5.39. The first-order valence-electron chi connectivity index (χ1n) is 14.1. The monoisotopic (exact) mass is 560 g/mol. The minimum Gasteiger partial charge on any atom is -0.295 e. The number of benzene rings is 6. The number of rotatable bonds is 6. The van der Waals surface area contributed by atoms with E-state index in [9.17, 15) is 8.78 Å². The van der Waals surface area contributed by atoms with E-state index in [1.165, 1.54) is 12.1 Å². The average molecular weight is 561 g/mol. The minimum atomic E-state index is -0.611. The summed E-state index contributed by atoms with van der Waals surface area (Å²) in [4.78, 5) is 7.34. The van der Waals surface area contributed by atoms with Crippen molar-refractivity contribution in [1.29, 1.82) is 0 Å². The van der Waals surface area contributed by atoms with Gasteiger partial charge in [-0.25, -0.2) is 13.8 Å². The number of fused-ring (bicyclic) bond motifs is 1. The van der Waals surface area contributed by atoms with Crippen molar-refractivity contribution in [2.24, 2.45) is 0 Å². The van der Waals surface area contributed by atoms with Crippen LogP contribution >= 0.6 is 0 Å². The second-order valence-corrected chi connectivity index (χ2v) is 10.4. The predicted molar refractivity (Wildman–Crippen MR) is 173 cm³/mol. The molecule has 7 rings (SSSR count). The molecule has 6 aromatic carbocycles. The largest absolute Gasteiger partial charge is 0.295 e. The molecular formula is C39H26F2N2. The van der Waals surface area contributed by atoms with Gasteiger partial charge in [0.1, 0.15) is 17.5 Å². The molecule has 0 amide bonds. The van der Waals surface area contributed by atoms with Crippen molar-refractivity contribution in [3.8, 4) is 33.4 Å². The predicted octanol–water partition coefficient (Wildman–Crippen LogP) is 11.0. The van der Waals surface area contributed by atoms with Gasteiger partial charge in [-0.2, -0.15) is 0 Å². The van der Waals surface area contributed by atoms with Crippen molar-refractivity contribution < 1.29 is 8.78 Å². The van der Waals surface area contributed by atoms with Gasteiger partial charge in [0.2, 0.25) is 0 Å². The molecule has 0 aliphatic carbocycles. The first kappa shape index (κ1) is 26.3. The summed E-state index contributed by atoms with van der Waals surface area (Å²) in [5.74, 6) is -0.495. The smallest absolute Gasteiger partial charge is 0.138 e. The first-order valence-corrected chi connectivity index (χ1v) is 14.1. The lowest BCUT2D eigenvalue weighted by molar-refractivity contribution is 0.584. The fourth-order valence-corrected chi connectivity index (χ4v) is 5.52. The molecule has 0 fully saturated rings. The van der Waals surface area contributed by atoms with Crippen LogP contribution in [-0.4, -0.2) is 4.98 Å². The Morgan fingerprint density at radius 2 is 1.00 bits per heavy atom. The third-order valence-corrected chi connectivity index (χ3v) is 7.51. The van der Waals surface area contributed by atoms with E-state index < -0.39 is 11.6 Å². The lowest BCUT2D eigenvalue weighted by Crippen LogP contribution is -2.11. The molecule has 0 saturated heterocycles. The van der Waals surface area contributed by atoms with Crippen LogP contribution in [0.15, 0.2) is 158 Å². The summed E-state index contributed by atoms with van der Waals surface area (Å²) < 4.78 is 28.2. The molecule has 0 unspecified atom stereocenters. The van der Waals surface area contributed by atoms with Crippen LogP contribution < -0.4 is 4.90 Å². The van der Waals surface area contributed by atoms with Crippen molar-refractivity contribution in [1.82, 2.24) is 4.98 Å². The van der Waals surface area contributed by atoms with Crippen molar-refractivity contribution in [2.45, 2.75) is 0 Å². The summed E-state index contributed by atoms with van der Waals surface area (Å²) >= 11 is 0. The molecule has 0 atom stereocenters. The van der Waals surface area contributed by atoms with E-state index in [0.29, 0.717) is 11.1 Å². The second-order valence-electron chi connectivity index (χ2n) is 10.4. The molecule has 0 N–H and O–H groups in total. The maximum Gasteiger partial charge on any atom is 0.138 e. The zero-order valence-corrected chi connectivity index (χ0v) is 23.2. The van der Waals surface area contributed by atoms with Gasteiger partial charge in [0.05, 0.1) is 5.52 Å². The summed E-state index contributed by atoms with van der Waals surface area (Å²) in [6.07, 6.45) is 0. The van der Waals surface area contributed by atoms with Gasteiger partial charge in [-0.15, -0.1) is 0 Å². The molecule has 0 aliphatic heterocycles. The molecule has 206 valence electrons. The van der Waals surface area contributed by atoms with E-state index in [4.69, 9.17) is 4.98 Å². The molecule has 2 nitrogen and oxygen atoms in total. The summed E-state index contributed by atoms with van der Waals surface area (Å²) in [6.45, 7) is 0. The average Bonchev–Trinajstić information content (AvgIpc) is 3.05. The zero-order chi connectivity index (χ0) is 29.2. The van der Waals surface area contributed by atoms with Crippen LogP contribution in [0.5, 0.6) is 0 Å². The molecule has 1 heterocycles. The van der Waals surface area contributed by atoms with E-state index in [2.05, 4.69) is 47.4 Å². The highest BCUT2D eigenvalue weighted by molar-refractivity contribution is 5.99. The lowest BCUT2D eigenvalue weighted by Gasteiger charge is -2.25. The summed E-state index contributed by atoms with van der Waals surface area (Å²) in [6, 6.07) is 50.4. The summed E-state index contributed by atoms with van der Waals surface area (Å²) in [7, 11) is 0. The van der Waals surface area contributed by atoms with Gasteiger partial charge in [-0.3, -0.25) is 4.90 Å². The van der Waals surface area contributed by atoms with Crippen molar-refractivity contribution in [3.63, 3.8) is 0 Å². The number of aromatic nitrogens is 1. The molecule has 1 aromatic heterocycles. The van der Waals surface area contributed by atoms with Gasteiger partial charge >= 0.3 is 0 Å². The van der Waals surface area contributed by atoms with Crippen molar-refractivity contribution in [3.05, 3.63) is 169 Å². The lowest BCUT2D eigenvalue weighted by atomic mass is 9.95. The highest BCUT2D eigenvalue weighted by atomic mass is 19.1. The maximum absolute atomic E-state index is 14.1. The molecule has 0 spiro atoms. The van der Waals surface area contributed by atoms with Gasteiger partial charge in [0.25, 0.3) is 0 Å². The van der Waals surface area contributed by atoms with Crippen LogP contribution in [0.1, 0.15) is 0 Å². The van der Waals surface area contributed by atoms with E-state index in [0.717, 1.165) is 56.4 Å². The van der Waals surface area contributed by atoms with Crippen LogP contribution in [-0.2, 0) is 0 Å². The van der Waals surface area contributed by atoms with Crippen LogP contribution in [0, 0.1) is 11.6 Å². The Morgan fingerprint density at radius 1 is 0.419 bits per heavy atom. The normalized spacial score (nSPS) is 11.0. The Morgan fingerprint density at radius 3 is 1.70 bits per heavy atom. The Balaban J connectivity index is 1.42. The number of hydrogen-bond donors (Lipinski definition) is 0. The quantitative estimate of drug-likeness (QED) is 0.201. The minimum absolute atomic E-state index is 0.471. The molecule has 43 heavy (non-hydrogen) atoms. The Kier molecular flexibility index (Phi) is 6.94. The van der Waals surface area contributed by atoms with Gasteiger partial charge < -0.3 is 0 Å². The highest BCUT2D eigenvalue weighted by Crippen LogP contribution is 2.39. The number of hydrogen-bond acceptors (Lipinski definition) is 2. The third-order valence-electron chi connectivity index (χ3n) is 7.51. The molecule has 0 saturated carbocycles. The Labute approximate surface area is 249 Å². The maximum atomic E-state index is 14.1. The van der Waals surface area contributed by atoms with Crippen LogP contribution in [0.2, 0.25) is 0 Å². The van der Waals surface area contributed by atoms with E-state index in [1.54, 1.807) is 0 Å². The summed E-state index contributed by atoms with van der Waals surface area (Å²) in [5, 5.41) is 1.03. The Bertz CT molecular complexity index is 2020. The van der Waals surface area contributed by atoms with Crippen LogP contribution in [0.3, 0.4) is 0 Å². The van der Waals surface area contributed by atoms with Gasteiger partial charge in [-0.1, -0.05) is 91.0 Å². The molecule has 0 radical (unpaired) electrons. The molecule has 4 heteroatoms. The number of nitrogens with zero attached hydrogens (tertiary/aromatic N) is 2. The number of para-hydroxylation sites is 1. The van der Waals surface area contributed by atoms with E-state index >= 15 is 0 Å². The SMILES string of the molecule is Fc1cc(F)cc(-c2cccc(N(c3ccccc3)c3ccc4cc(-c5ccccc5)cc(-c5ccccc5)c4n3)c2)c1. The molecular weight excluding hydrogens is 534 g/mol. The Hall–Kier alpha value is -5.61. The zero-order valence-electron chi connectivity index (χ0n) is 23.2. The number of pyridine rings is 1.